The summed E-state index contributed by atoms with van der Waals surface area (Å²) in [4.78, 5) is 11.2. The molecule has 1 amide bonds. The fraction of sp³-hybridized carbons (Fsp3) is 0.222. The minimum atomic E-state index is -3.24. The van der Waals surface area contributed by atoms with Crippen LogP contribution in [0.15, 0.2) is 24.3 Å². The lowest BCUT2D eigenvalue weighted by atomic mass is 10.1. The molecule has 0 aromatic heterocycles. The van der Waals surface area contributed by atoms with Crippen LogP contribution in [0.25, 0.3) is 0 Å². The molecule has 0 saturated carbocycles. The smallest absolute Gasteiger partial charge is 0.265 e. The number of benzene rings is 1. The van der Waals surface area contributed by atoms with E-state index in [0.29, 0.717) is 11.1 Å². The van der Waals surface area contributed by atoms with E-state index in [9.17, 15) is 13.2 Å². The molecule has 0 unspecified atom stereocenters. The Morgan fingerprint density at radius 1 is 1.44 bits per heavy atom. The van der Waals surface area contributed by atoms with Crippen LogP contribution in [-0.2, 0) is 16.6 Å². The SMILES string of the molecule is CS(=O)(=O)NCc1cccc(C(=O)NN)c1. The topological polar surface area (TPSA) is 101 Å². The van der Waals surface area contributed by atoms with Crippen LogP contribution in [0.5, 0.6) is 0 Å². The zero-order chi connectivity index (χ0) is 12.2. The van der Waals surface area contributed by atoms with E-state index >= 15 is 0 Å². The molecule has 0 heterocycles. The van der Waals surface area contributed by atoms with Crippen molar-refractivity contribution in [2.24, 2.45) is 5.84 Å². The van der Waals surface area contributed by atoms with Crippen LogP contribution >= 0.6 is 0 Å². The van der Waals surface area contributed by atoms with Crippen molar-refractivity contribution in [2.75, 3.05) is 6.26 Å². The first-order chi connectivity index (χ1) is 7.42. The second-order valence-corrected chi connectivity index (χ2v) is 5.10. The van der Waals surface area contributed by atoms with Gasteiger partial charge in [0.05, 0.1) is 6.26 Å². The standard InChI is InChI=1S/C9H13N3O3S/c1-16(14,15)11-6-7-3-2-4-8(5-7)9(13)12-10/h2-5,11H,6,10H2,1H3,(H,12,13). The molecular weight excluding hydrogens is 230 g/mol. The fourth-order valence-corrected chi connectivity index (χ4v) is 1.55. The van der Waals surface area contributed by atoms with E-state index in [1.54, 1.807) is 24.3 Å². The summed E-state index contributed by atoms with van der Waals surface area (Å²) in [5.74, 6) is 4.57. The maximum Gasteiger partial charge on any atom is 0.265 e. The van der Waals surface area contributed by atoms with E-state index in [2.05, 4.69) is 4.72 Å². The first-order valence-corrected chi connectivity index (χ1v) is 6.36. The summed E-state index contributed by atoms with van der Waals surface area (Å²) in [6, 6.07) is 6.53. The van der Waals surface area contributed by atoms with Crippen LogP contribution in [0, 0.1) is 0 Å². The average molecular weight is 243 g/mol. The van der Waals surface area contributed by atoms with Gasteiger partial charge in [-0.15, -0.1) is 0 Å². The zero-order valence-corrected chi connectivity index (χ0v) is 9.54. The summed E-state index contributed by atoms with van der Waals surface area (Å²) in [5.41, 5.74) is 3.07. The van der Waals surface area contributed by atoms with Gasteiger partial charge in [0.1, 0.15) is 0 Å². The molecular formula is C9H13N3O3S. The van der Waals surface area contributed by atoms with Crippen molar-refractivity contribution in [1.82, 2.24) is 10.1 Å². The van der Waals surface area contributed by atoms with Crippen LogP contribution < -0.4 is 16.0 Å². The van der Waals surface area contributed by atoms with Gasteiger partial charge >= 0.3 is 0 Å². The highest BCUT2D eigenvalue weighted by atomic mass is 32.2. The number of nitrogen functional groups attached to an aromatic ring is 1. The predicted molar refractivity (Wildman–Crippen MR) is 59.8 cm³/mol. The molecule has 0 aliphatic carbocycles. The molecule has 1 aromatic carbocycles. The third-order valence-electron chi connectivity index (χ3n) is 1.86. The number of hydrazine groups is 1. The molecule has 16 heavy (non-hydrogen) atoms. The number of hydrogen-bond acceptors (Lipinski definition) is 4. The Hall–Kier alpha value is -1.44. The van der Waals surface area contributed by atoms with Crippen molar-refractivity contribution < 1.29 is 13.2 Å². The molecule has 7 heteroatoms. The Labute approximate surface area is 93.9 Å². The van der Waals surface area contributed by atoms with Crippen LogP contribution in [0.1, 0.15) is 15.9 Å². The van der Waals surface area contributed by atoms with Gasteiger partial charge in [-0.05, 0) is 17.7 Å². The van der Waals surface area contributed by atoms with Crippen LogP contribution in [-0.4, -0.2) is 20.6 Å². The summed E-state index contributed by atoms with van der Waals surface area (Å²) in [6.07, 6.45) is 1.07. The minimum absolute atomic E-state index is 0.143. The number of carbonyl (C=O) groups is 1. The molecule has 1 rings (SSSR count). The van der Waals surface area contributed by atoms with Gasteiger partial charge in [0, 0.05) is 12.1 Å². The average Bonchev–Trinajstić information content (AvgIpc) is 2.25. The van der Waals surface area contributed by atoms with E-state index in [-0.39, 0.29) is 6.54 Å². The van der Waals surface area contributed by atoms with Gasteiger partial charge in [-0.25, -0.2) is 19.0 Å². The monoisotopic (exact) mass is 243 g/mol. The van der Waals surface area contributed by atoms with E-state index in [0.717, 1.165) is 6.26 Å². The number of rotatable bonds is 4. The molecule has 88 valence electrons. The highest BCUT2D eigenvalue weighted by Crippen LogP contribution is 2.05. The highest BCUT2D eigenvalue weighted by Gasteiger charge is 2.05. The molecule has 4 N–H and O–H groups in total. The van der Waals surface area contributed by atoms with Crippen LogP contribution in [0.2, 0.25) is 0 Å². The van der Waals surface area contributed by atoms with E-state index in [1.165, 1.54) is 0 Å². The number of carbonyl (C=O) groups excluding carboxylic acids is 1. The molecule has 0 fully saturated rings. The third-order valence-corrected chi connectivity index (χ3v) is 2.53. The van der Waals surface area contributed by atoms with Crippen LogP contribution in [0.4, 0.5) is 0 Å². The van der Waals surface area contributed by atoms with Crippen molar-refractivity contribution in [3.63, 3.8) is 0 Å². The van der Waals surface area contributed by atoms with Gasteiger partial charge in [0.15, 0.2) is 0 Å². The number of nitrogens with one attached hydrogen (secondary N) is 2. The number of nitrogens with two attached hydrogens (primary N) is 1. The Morgan fingerprint density at radius 2 is 2.12 bits per heavy atom. The number of hydrogen-bond donors (Lipinski definition) is 3. The highest BCUT2D eigenvalue weighted by molar-refractivity contribution is 7.88. The minimum Gasteiger partial charge on any atom is -0.290 e. The largest absolute Gasteiger partial charge is 0.290 e. The first-order valence-electron chi connectivity index (χ1n) is 4.47. The Bertz CT molecular complexity index is 485. The van der Waals surface area contributed by atoms with Crippen molar-refractivity contribution in [3.05, 3.63) is 35.4 Å². The second-order valence-electron chi connectivity index (χ2n) is 3.27. The molecule has 1 aromatic rings. The third kappa shape index (κ3) is 3.97. The summed E-state index contributed by atoms with van der Waals surface area (Å²) < 4.78 is 24.1. The van der Waals surface area contributed by atoms with Crippen molar-refractivity contribution in [1.29, 1.82) is 0 Å². The zero-order valence-electron chi connectivity index (χ0n) is 8.73. The van der Waals surface area contributed by atoms with E-state index in [1.807, 2.05) is 5.43 Å². The van der Waals surface area contributed by atoms with Gasteiger partial charge in [-0.3, -0.25) is 10.2 Å². The van der Waals surface area contributed by atoms with E-state index in [4.69, 9.17) is 5.84 Å². The summed E-state index contributed by atoms with van der Waals surface area (Å²) in [5, 5.41) is 0. The van der Waals surface area contributed by atoms with Crippen molar-refractivity contribution in [3.8, 4) is 0 Å². The van der Waals surface area contributed by atoms with E-state index < -0.39 is 15.9 Å². The normalized spacial score (nSPS) is 11.1. The lowest BCUT2D eigenvalue weighted by Gasteiger charge is -2.04. The molecule has 0 radical (unpaired) electrons. The number of sulfonamides is 1. The lowest BCUT2D eigenvalue weighted by molar-refractivity contribution is 0.0953. The lowest BCUT2D eigenvalue weighted by Crippen LogP contribution is -2.30. The van der Waals surface area contributed by atoms with Gasteiger partial charge in [-0.2, -0.15) is 0 Å². The molecule has 0 aliphatic rings. The Balaban J connectivity index is 2.79. The van der Waals surface area contributed by atoms with Gasteiger partial charge in [-0.1, -0.05) is 12.1 Å². The van der Waals surface area contributed by atoms with Crippen molar-refractivity contribution in [2.45, 2.75) is 6.54 Å². The summed E-state index contributed by atoms with van der Waals surface area (Å²) in [6.45, 7) is 0.143. The molecule has 6 nitrogen and oxygen atoms in total. The Morgan fingerprint density at radius 3 is 2.69 bits per heavy atom. The maximum absolute atomic E-state index is 11.2. The molecule has 0 bridgehead atoms. The summed E-state index contributed by atoms with van der Waals surface area (Å²) in [7, 11) is -3.24. The second kappa shape index (κ2) is 5.06. The Kier molecular flexibility index (Phi) is 3.99. The predicted octanol–water partition coefficient (Wildman–Crippen LogP) is -0.661. The first kappa shape index (κ1) is 12.6. The number of amides is 1. The molecule has 0 spiro atoms. The van der Waals surface area contributed by atoms with Gasteiger partial charge in [0.2, 0.25) is 10.0 Å². The van der Waals surface area contributed by atoms with Crippen LogP contribution in [0.3, 0.4) is 0 Å². The molecule has 0 aliphatic heterocycles. The fourth-order valence-electron chi connectivity index (χ4n) is 1.12. The molecule has 0 saturated heterocycles. The summed E-state index contributed by atoms with van der Waals surface area (Å²) >= 11 is 0. The van der Waals surface area contributed by atoms with Gasteiger partial charge < -0.3 is 0 Å². The maximum atomic E-state index is 11.2. The van der Waals surface area contributed by atoms with Gasteiger partial charge in [0.25, 0.3) is 5.91 Å². The molecule has 0 atom stereocenters. The van der Waals surface area contributed by atoms with Crippen molar-refractivity contribution >= 4 is 15.9 Å². The quantitative estimate of drug-likeness (QED) is 0.371.